The Kier molecular flexibility index (Phi) is 7.88. The van der Waals surface area contributed by atoms with Crippen LogP contribution >= 0.6 is 11.6 Å². The van der Waals surface area contributed by atoms with Crippen molar-refractivity contribution in [1.29, 1.82) is 0 Å². The van der Waals surface area contributed by atoms with Crippen LogP contribution in [0.1, 0.15) is 13.3 Å². The van der Waals surface area contributed by atoms with Gasteiger partial charge < -0.3 is 4.90 Å². The van der Waals surface area contributed by atoms with Crippen LogP contribution in [0.5, 0.6) is 0 Å². The third-order valence-corrected chi connectivity index (χ3v) is 6.61. The van der Waals surface area contributed by atoms with Crippen LogP contribution in [0, 0.1) is 5.82 Å². The molecule has 6 nitrogen and oxygen atoms in total. The lowest BCUT2D eigenvalue weighted by Gasteiger charge is -2.35. The first kappa shape index (κ1) is 23.8. The highest BCUT2D eigenvalue weighted by atomic mass is 35.5. The van der Waals surface area contributed by atoms with E-state index in [-0.39, 0.29) is 49.2 Å². The highest BCUT2D eigenvalue weighted by molar-refractivity contribution is 7.89. The fourth-order valence-electron chi connectivity index (χ4n) is 3.04. The Hall–Kier alpha value is -1.43. The summed E-state index contributed by atoms with van der Waals surface area (Å²) in [5, 5.41) is -0.319. The molecule has 0 aliphatic carbocycles. The van der Waals surface area contributed by atoms with E-state index < -0.39 is 34.5 Å². The van der Waals surface area contributed by atoms with Crippen molar-refractivity contribution in [3.05, 3.63) is 29.0 Å². The number of rotatable bonds is 7. The van der Waals surface area contributed by atoms with Gasteiger partial charge >= 0.3 is 6.18 Å². The van der Waals surface area contributed by atoms with E-state index in [0.29, 0.717) is 6.42 Å². The molecule has 0 N–H and O–H groups in total. The number of sulfonamides is 1. The van der Waals surface area contributed by atoms with Crippen LogP contribution in [-0.4, -0.2) is 80.4 Å². The highest BCUT2D eigenvalue weighted by Crippen LogP contribution is 2.23. The molecule has 12 heteroatoms. The maximum absolute atomic E-state index is 13.3. The first-order valence-electron chi connectivity index (χ1n) is 8.96. The van der Waals surface area contributed by atoms with Gasteiger partial charge in [0.2, 0.25) is 15.9 Å². The summed E-state index contributed by atoms with van der Waals surface area (Å²) in [6.45, 7) is 0.369. The van der Waals surface area contributed by atoms with Gasteiger partial charge in [0, 0.05) is 26.2 Å². The molecule has 0 aromatic heterocycles. The maximum atomic E-state index is 13.3. The smallest absolute Gasteiger partial charge is 0.339 e. The Morgan fingerprint density at radius 2 is 1.83 bits per heavy atom. The largest absolute Gasteiger partial charge is 0.401 e. The van der Waals surface area contributed by atoms with E-state index in [4.69, 9.17) is 11.6 Å². The molecule has 1 aliphatic heterocycles. The second kappa shape index (κ2) is 9.59. The molecule has 0 saturated carbocycles. The number of nitrogens with zero attached hydrogens (tertiary/aromatic N) is 3. The van der Waals surface area contributed by atoms with Crippen molar-refractivity contribution in [2.24, 2.45) is 0 Å². The molecule has 1 fully saturated rings. The molecule has 1 amide bonds. The van der Waals surface area contributed by atoms with Gasteiger partial charge in [-0.1, -0.05) is 18.5 Å². The van der Waals surface area contributed by atoms with Crippen LogP contribution in [0.4, 0.5) is 17.6 Å². The molecule has 1 saturated heterocycles. The Bertz CT molecular complexity index is 828. The van der Waals surface area contributed by atoms with Crippen molar-refractivity contribution in [3.8, 4) is 0 Å². The molecule has 1 aromatic carbocycles. The van der Waals surface area contributed by atoms with Crippen LogP contribution in [0.3, 0.4) is 0 Å². The lowest BCUT2D eigenvalue weighted by molar-refractivity contribution is -0.152. The molecule has 29 heavy (non-hydrogen) atoms. The number of alkyl halides is 3. The second-order valence-electron chi connectivity index (χ2n) is 6.69. The summed E-state index contributed by atoms with van der Waals surface area (Å²) in [4.78, 5) is 14.6. The SMILES string of the molecule is CCCN(CC(=O)N1CCN(S(=O)(=O)c2ccc(F)c(Cl)c2)CC1)CC(F)(F)F. The maximum Gasteiger partial charge on any atom is 0.401 e. The first-order chi connectivity index (χ1) is 13.4. The minimum atomic E-state index is -4.40. The van der Waals surface area contributed by atoms with Gasteiger partial charge in [0.25, 0.3) is 0 Å². The number of benzene rings is 1. The van der Waals surface area contributed by atoms with Crippen LogP contribution < -0.4 is 0 Å². The summed E-state index contributed by atoms with van der Waals surface area (Å²) < 4.78 is 77.7. The molecular weight excluding hydrogens is 438 g/mol. The summed E-state index contributed by atoms with van der Waals surface area (Å²) in [6.07, 6.45) is -3.94. The quantitative estimate of drug-likeness (QED) is 0.588. The van der Waals surface area contributed by atoms with Crippen LogP contribution in [0.25, 0.3) is 0 Å². The molecule has 0 unspecified atom stereocenters. The van der Waals surface area contributed by atoms with Crippen molar-refractivity contribution < 1.29 is 30.8 Å². The Balaban J connectivity index is 1.98. The lowest BCUT2D eigenvalue weighted by atomic mass is 10.3. The number of piperazine rings is 1. The monoisotopic (exact) mass is 459 g/mol. The minimum Gasteiger partial charge on any atom is -0.339 e. The summed E-state index contributed by atoms with van der Waals surface area (Å²) in [5.74, 6) is -1.22. The van der Waals surface area contributed by atoms with E-state index >= 15 is 0 Å². The van der Waals surface area contributed by atoms with Gasteiger partial charge in [-0.2, -0.15) is 17.5 Å². The predicted molar refractivity (Wildman–Crippen MR) is 99.5 cm³/mol. The third kappa shape index (κ3) is 6.53. The van der Waals surface area contributed by atoms with Crippen LogP contribution in [0.2, 0.25) is 5.02 Å². The predicted octanol–water partition coefficient (Wildman–Crippen LogP) is 2.59. The molecular formula is C17H22ClF4N3O3S. The zero-order valence-corrected chi connectivity index (χ0v) is 17.3. The lowest BCUT2D eigenvalue weighted by Crippen LogP contribution is -2.53. The molecule has 1 aliphatic rings. The molecule has 0 atom stereocenters. The Morgan fingerprint density at radius 3 is 2.34 bits per heavy atom. The Labute approximate surface area is 172 Å². The molecule has 0 bridgehead atoms. The number of carbonyl (C=O) groups excluding carboxylic acids is 1. The van der Waals surface area contributed by atoms with E-state index in [0.717, 1.165) is 27.4 Å². The summed E-state index contributed by atoms with van der Waals surface area (Å²) >= 11 is 5.65. The molecule has 2 rings (SSSR count). The van der Waals surface area contributed by atoms with Gasteiger partial charge in [0.15, 0.2) is 0 Å². The molecule has 164 valence electrons. The van der Waals surface area contributed by atoms with Crippen LogP contribution in [0.15, 0.2) is 23.1 Å². The number of halogens is 5. The normalized spacial score (nSPS) is 16.4. The van der Waals surface area contributed by atoms with Gasteiger partial charge in [0.05, 0.1) is 23.0 Å². The van der Waals surface area contributed by atoms with Crippen molar-refractivity contribution in [2.45, 2.75) is 24.4 Å². The minimum absolute atomic E-state index is 0.0177. The van der Waals surface area contributed by atoms with Gasteiger partial charge in [-0.25, -0.2) is 12.8 Å². The molecule has 0 spiro atoms. The average Bonchev–Trinajstić information content (AvgIpc) is 2.62. The van der Waals surface area contributed by atoms with Crippen molar-refractivity contribution in [1.82, 2.24) is 14.1 Å². The number of hydrogen-bond donors (Lipinski definition) is 0. The van der Waals surface area contributed by atoms with Gasteiger partial charge in [0.1, 0.15) is 5.82 Å². The number of amides is 1. The molecule has 1 aromatic rings. The summed E-state index contributed by atoms with van der Waals surface area (Å²) in [5.41, 5.74) is 0. The van der Waals surface area contributed by atoms with Gasteiger partial charge in [-0.15, -0.1) is 0 Å². The fourth-order valence-corrected chi connectivity index (χ4v) is 4.73. The fraction of sp³-hybridized carbons (Fsp3) is 0.588. The van der Waals surface area contributed by atoms with Crippen molar-refractivity contribution >= 4 is 27.5 Å². The topological polar surface area (TPSA) is 60.9 Å². The highest BCUT2D eigenvalue weighted by Gasteiger charge is 2.34. The van der Waals surface area contributed by atoms with E-state index in [2.05, 4.69) is 0 Å². The van der Waals surface area contributed by atoms with Gasteiger partial charge in [-0.05, 0) is 31.2 Å². The Morgan fingerprint density at radius 1 is 1.21 bits per heavy atom. The van der Waals surface area contributed by atoms with Crippen LogP contribution in [-0.2, 0) is 14.8 Å². The molecule has 0 radical (unpaired) electrons. The van der Waals surface area contributed by atoms with E-state index in [9.17, 15) is 30.8 Å². The summed E-state index contributed by atoms with van der Waals surface area (Å²) in [7, 11) is -3.92. The zero-order valence-electron chi connectivity index (χ0n) is 15.8. The van der Waals surface area contributed by atoms with Gasteiger partial charge in [-0.3, -0.25) is 9.69 Å². The van der Waals surface area contributed by atoms with E-state index in [1.165, 1.54) is 4.90 Å². The average molecular weight is 460 g/mol. The third-order valence-electron chi connectivity index (χ3n) is 4.42. The van der Waals surface area contributed by atoms with Crippen molar-refractivity contribution in [3.63, 3.8) is 0 Å². The number of carbonyl (C=O) groups is 1. The zero-order chi connectivity index (χ0) is 21.8. The first-order valence-corrected chi connectivity index (χ1v) is 10.8. The van der Waals surface area contributed by atoms with Crippen molar-refractivity contribution in [2.75, 3.05) is 45.8 Å². The standard InChI is InChI=1S/C17H22ClF4N3O3S/c1-2-5-23(12-17(20,21)22)11-16(26)24-6-8-25(9-7-24)29(27,28)13-3-4-15(19)14(18)10-13/h3-4,10H,2,5-9,11-12H2,1H3. The number of hydrogen-bond acceptors (Lipinski definition) is 4. The summed E-state index contributed by atoms with van der Waals surface area (Å²) in [6, 6.07) is 3.08. The van der Waals surface area contributed by atoms with E-state index in [1.54, 1.807) is 6.92 Å². The molecule has 1 heterocycles. The second-order valence-corrected chi connectivity index (χ2v) is 9.03. The van der Waals surface area contributed by atoms with E-state index in [1.807, 2.05) is 0 Å².